The standard InChI is InChI=1S/C16H21F3O2/c1-15(2,3)13-6-4-12(5-7-13)10-14(20)8-9-21-11-16(17,18)19/h4-7H,8-11H2,1-3H3. The molecule has 0 bridgehead atoms. The molecule has 0 aromatic heterocycles. The van der Waals surface area contributed by atoms with Crippen LogP contribution in [-0.4, -0.2) is 25.2 Å². The Labute approximate surface area is 123 Å². The van der Waals surface area contributed by atoms with Gasteiger partial charge in [0.05, 0.1) is 6.61 Å². The Morgan fingerprint density at radius 3 is 2.14 bits per heavy atom. The molecule has 1 aromatic rings. The smallest absolute Gasteiger partial charge is 0.372 e. The molecule has 0 amide bonds. The molecule has 0 saturated heterocycles. The summed E-state index contributed by atoms with van der Waals surface area (Å²) < 4.78 is 40.0. The second-order valence-electron chi connectivity index (χ2n) is 6.08. The molecule has 0 spiro atoms. The number of hydrogen-bond donors (Lipinski definition) is 0. The molecule has 0 aliphatic heterocycles. The van der Waals surface area contributed by atoms with Crippen LogP contribution in [-0.2, 0) is 21.4 Å². The number of carbonyl (C=O) groups is 1. The van der Waals surface area contributed by atoms with Crippen LogP contribution >= 0.6 is 0 Å². The number of rotatable bonds is 6. The van der Waals surface area contributed by atoms with E-state index in [0.717, 1.165) is 5.56 Å². The van der Waals surface area contributed by atoms with Gasteiger partial charge in [0.25, 0.3) is 0 Å². The molecular weight excluding hydrogens is 281 g/mol. The summed E-state index contributed by atoms with van der Waals surface area (Å²) in [6.45, 7) is 4.81. The first-order valence-corrected chi connectivity index (χ1v) is 6.83. The van der Waals surface area contributed by atoms with Gasteiger partial charge in [0.15, 0.2) is 0 Å². The van der Waals surface area contributed by atoms with Crippen LogP contribution in [0.5, 0.6) is 0 Å². The lowest BCUT2D eigenvalue weighted by Gasteiger charge is -2.19. The zero-order chi connectivity index (χ0) is 16.1. The number of ether oxygens (including phenoxy) is 1. The van der Waals surface area contributed by atoms with Crippen molar-refractivity contribution in [2.45, 2.75) is 45.2 Å². The highest BCUT2D eigenvalue weighted by atomic mass is 19.4. The van der Waals surface area contributed by atoms with Crippen LogP contribution in [0.2, 0.25) is 0 Å². The lowest BCUT2D eigenvalue weighted by Crippen LogP contribution is -2.18. The number of carbonyl (C=O) groups excluding carboxylic acids is 1. The van der Waals surface area contributed by atoms with Crippen molar-refractivity contribution in [2.24, 2.45) is 0 Å². The Morgan fingerprint density at radius 1 is 1.10 bits per heavy atom. The van der Waals surface area contributed by atoms with Crippen LogP contribution in [0.25, 0.3) is 0 Å². The molecule has 0 radical (unpaired) electrons. The average Bonchev–Trinajstić information content (AvgIpc) is 2.33. The van der Waals surface area contributed by atoms with Crippen molar-refractivity contribution in [2.75, 3.05) is 13.2 Å². The van der Waals surface area contributed by atoms with E-state index in [-0.39, 0.29) is 30.6 Å². The maximum Gasteiger partial charge on any atom is 0.411 e. The molecule has 0 heterocycles. The molecule has 118 valence electrons. The van der Waals surface area contributed by atoms with Crippen LogP contribution in [0.4, 0.5) is 13.2 Å². The molecule has 0 saturated carbocycles. The topological polar surface area (TPSA) is 26.3 Å². The van der Waals surface area contributed by atoms with Crippen molar-refractivity contribution < 1.29 is 22.7 Å². The van der Waals surface area contributed by atoms with Gasteiger partial charge in [0, 0.05) is 12.8 Å². The molecule has 1 aromatic carbocycles. The van der Waals surface area contributed by atoms with Crippen LogP contribution in [0, 0.1) is 0 Å². The predicted molar refractivity (Wildman–Crippen MR) is 75.3 cm³/mol. The van der Waals surface area contributed by atoms with Crippen molar-refractivity contribution in [3.05, 3.63) is 35.4 Å². The summed E-state index contributed by atoms with van der Waals surface area (Å²) in [5.41, 5.74) is 2.09. The summed E-state index contributed by atoms with van der Waals surface area (Å²) in [4.78, 5) is 11.7. The Morgan fingerprint density at radius 2 is 1.67 bits per heavy atom. The van der Waals surface area contributed by atoms with Gasteiger partial charge in [-0.3, -0.25) is 4.79 Å². The lowest BCUT2D eigenvalue weighted by molar-refractivity contribution is -0.174. The predicted octanol–water partition coefficient (Wildman–Crippen LogP) is 4.06. The zero-order valence-corrected chi connectivity index (χ0v) is 12.6. The van der Waals surface area contributed by atoms with Crippen LogP contribution < -0.4 is 0 Å². The van der Waals surface area contributed by atoms with Crippen molar-refractivity contribution in [1.82, 2.24) is 0 Å². The van der Waals surface area contributed by atoms with E-state index in [9.17, 15) is 18.0 Å². The largest absolute Gasteiger partial charge is 0.411 e. The van der Waals surface area contributed by atoms with Crippen LogP contribution in [0.3, 0.4) is 0 Å². The highest BCUT2D eigenvalue weighted by molar-refractivity contribution is 5.80. The van der Waals surface area contributed by atoms with E-state index in [0.29, 0.717) is 0 Å². The molecule has 21 heavy (non-hydrogen) atoms. The first kappa shape index (κ1) is 17.7. The molecular formula is C16H21F3O2. The summed E-state index contributed by atoms with van der Waals surface area (Å²) in [6.07, 6.45) is -4.12. The number of alkyl halides is 3. The Balaban J connectivity index is 2.38. The molecule has 0 N–H and O–H groups in total. The van der Waals surface area contributed by atoms with Gasteiger partial charge < -0.3 is 4.74 Å². The third-order valence-corrected chi connectivity index (χ3v) is 3.01. The van der Waals surface area contributed by atoms with Gasteiger partial charge in [0.1, 0.15) is 12.4 Å². The zero-order valence-electron chi connectivity index (χ0n) is 12.6. The second-order valence-corrected chi connectivity index (χ2v) is 6.08. The van der Waals surface area contributed by atoms with Gasteiger partial charge >= 0.3 is 6.18 Å². The molecule has 2 nitrogen and oxygen atoms in total. The SMILES string of the molecule is CC(C)(C)c1ccc(CC(=O)CCOCC(F)(F)F)cc1. The fraction of sp³-hybridized carbons (Fsp3) is 0.562. The number of Topliss-reactive ketones (excluding diaryl/α,β-unsaturated/α-hetero) is 1. The van der Waals surface area contributed by atoms with E-state index in [1.165, 1.54) is 5.56 Å². The lowest BCUT2D eigenvalue weighted by atomic mass is 9.86. The fourth-order valence-corrected chi connectivity index (χ4v) is 1.81. The van der Waals surface area contributed by atoms with Crippen molar-refractivity contribution in [1.29, 1.82) is 0 Å². The third-order valence-electron chi connectivity index (χ3n) is 3.01. The average molecular weight is 302 g/mol. The van der Waals surface area contributed by atoms with E-state index in [2.05, 4.69) is 25.5 Å². The normalized spacial score (nSPS) is 12.5. The van der Waals surface area contributed by atoms with Crippen molar-refractivity contribution in [3.8, 4) is 0 Å². The van der Waals surface area contributed by atoms with E-state index >= 15 is 0 Å². The molecule has 0 aliphatic carbocycles. The summed E-state index contributed by atoms with van der Waals surface area (Å²) in [5, 5.41) is 0. The maximum atomic E-state index is 11.9. The highest BCUT2D eigenvalue weighted by Gasteiger charge is 2.27. The quantitative estimate of drug-likeness (QED) is 0.741. The van der Waals surface area contributed by atoms with Crippen LogP contribution in [0.15, 0.2) is 24.3 Å². The first-order valence-electron chi connectivity index (χ1n) is 6.83. The number of hydrogen-bond acceptors (Lipinski definition) is 2. The van der Waals surface area contributed by atoms with E-state index in [1.807, 2.05) is 24.3 Å². The second kappa shape index (κ2) is 7.07. The maximum absolute atomic E-state index is 11.9. The van der Waals surface area contributed by atoms with Crippen molar-refractivity contribution in [3.63, 3.8) is 0 Å². The first-order chi connectivity index (χ1) is 9.58. The molecule has 0 atom stereocenters. The Kier molecular flexibility index (Phi) is 5.96. The van der Waals surface area contributed by atoms with Gasteiger partial charge in [-0.2, -0.15) is 13.2 Å². The molecule has 0 aliphatic rings. The summed E-state index contributed by atoms with van der Waals surface area (Å²) >= 11 is 0. The van der Waals surface area contributed by atoms with Gasteiger partial charge in [0.2, 0.25) is 0 Å². The molecule has 5 heteroatoms. The number of halogens is 3. The summed E-state index contributed by atoms with van der Waals surface area (Å²) in [6, 6.07) is 7.72. The minimum absolute atomic E-state index is 0.00287. The molecule has 0 fully saturated rings. The molecule has 0 unspecified atom stereocenters. The summed E-state index contributed by atoms with van der Waals surface area (Å²) in [7, 11) is 0. The number of ketones is 1. The highest BCUT2D eigenvalue weighted by Crippen LogP contribution is 2.22. The van der Waals surface area contributed by atoms with E-state index in [4.69, 9.17) is 0 Å². The fourth-order valence-electron chi connectivity index (χ4n) is 1.81. The van der Waals surface area contributed by atoms with Crippen LogP contribution in [0.1, 0.15) is 38.3 Å². The van der Waals surface area contributed by atoms with Gasteiger partial charge in [-0.05, 0) is 16.5 Å². The van der Waals surface area contributed by atoms with Gasteiger partial charge in [-0.25, -0.2) is 0 Å². The van der Waals surface area contributed by atoms with E-state index in [1.54, 1.807) is 0 Å². The summed E-state index contributed by atoms with van der Waals surface area (Å²) in [5.74, 6) is -0.124. The number of benzene rings is 1. The van der Waals surface area contributed by atoms with Gasteiger partial charge in [-0.1, -0.05) is 45.0 Å². The van der Waals surface area contributed by atoms with Crippen molar-refractivity contribution >= 4 is 5.78 Å². The Bertz CT molecular complexity index is 456. The minimum Gasteiger partial charge on any atom is -0.372 e. The third kappa shape index (κ3) is 7.27. The van der Waals surface area contributed by atoms with E-state index < -0.39 is 12.8 Å². The van der Waals surface area contributed by atoms with Gasteiger partial charge in [-0.15, -0.1) is 0 Å². The molecule has 1 rings (SSSR count). The minimum atomic E-state index is -4.34. The monoisotopic (exact) mass is 302 g/mol. The Hall–Kier alpha value is -1.36.